The Labute approximate surface area is 150 Å². The van der Waals surface area contributed by atoms with Crippen molar-refractivity contribution in [1.82, 2.24) is 9.97 Å². The third kappa shape index (κ3) is 3.91. The van der Waals surface area contributed by atoms with Crippen molar-refractivity contribution in [2.24, 2.45) is 0 Å². The van der Waals surface area contributed by atoms with E-state index in [9.17, 15) is 9.90 Å². The molecule has 1 aliphatic rings. The van der Waals surface area contributed by atoms with Gasteiger partial charge in [0.1, 0.15) is 11.1 Å². The molecule has 1 atom stereocenters. The van der Waals surface area contributed by atoms with Gasteiger partial charge in [0, 0.05) is 11.3 Å². The Morgan fingerprint density at radius 2 is 2.12 bits per heavy atom. The first-order valence-electron chi connectivity index (χ1n) is 8.17. The standard InChI is InChI=1S/C18H18N4O2S/c1-2-15(17(23)24)25-18-21-14-5-3-4-13(14)16(22-18)20-12-8-6-11(10-19)7-9-12/h6-9,15H,2-5H2,1H3,(H,23,24)(H,20,21,22). The second-order valence-corrected chi connectivity index (χ2v) is 6.97. The number of fused-ring (bicyclic) bond motifs is 1. The molecular weight excluding hydrogens is 336 g/mol. The topological polar surface area (TPSA) is 98.9 Å². The molecule has 0 saturated carbocycles. The summed E-state index contributed by atoms with van der Waals surface area (Å²) >= 11 is 1.19. The summed E-state index contributed by atoms with van der Waals surface area (Å²) in [6, 6.07) is 9.26. The van der Waals surface area contributed by atoms with E-state index in [-0.39, 0.29) is 0 Å². The summed E-state index contributed by atoms with van der Waals surface area (Å²) in [6.45, 7) is 1.84. The van der Waals surface area contributed by atoms with Gasteiger partial charge in [-0.15, -0.1) is 0 Å². The van der Waals surface area contributed by atoms with Gasteiger partial charge in [0.2, 0.25) is 0 Å². The van der Waals surface area contributed by atoms with Crippen LogP contribution >= 0.6 is 11.8 Å². The largest absolute Gasteiger partial charge is 0.480 e. The fourth-order valence-corrected chi connectivity index (χ4v) is 3.60. The maximum Gasteiger partial charge on any atom is 0.317 e. The van der Waals surface area contributed by atoms with Gasteiger partial charge >= 0.3 is 5.97 Å². The predicted octanol–water partition coefficient (Wildman–Crippen LogP) is 3.54. The number of hydrogen-bond acceptors (Lipinski definition) is 6. The summed E-state index contributed by atoms with van der Waals surface area (Å²) in [4.78, 5) is 20.4. The fraction of sp³-hybridized carbons (Fsp3) is 0.333. The van der Waals surface area contributed by atoms with Crippen LogP contribution in [0.15, 0.2) is 29.4 Å². The smallest absolute Gasteiger partial charge is 0.317 e. The maximum atomic E-state index is 11.3. The molecule has 1 aliphatic carbocycles. The molecule has 6 nitrogen and oxygen atoms in total. The van der Waals surface area contributed by atoms with E-state index in [1.54, 1.807) is 12.1 Å². The van der Waals surface area contributed by atoms with Gasteiger partial charge in [0.05, 0.1) is 17.3 Å². The number of carboxylic acids is 1. The maximum absolute atomic E-state index is 11.3. The van der Waals surface area contributed by atoms with Crippen molar-refractivity contribution in [1.29, 1.82) is 5.26 Å². The number of aliphatic carboxylic acids is 1. The second kappa shape index (κ2) is 7.53. The number of nitrogens with one attached hydrogen (secondary N) is 1. The molecule has 0 saturated heterocycles. The molecule has 1 unspecified atom stereocenters. The molecule has 0 fully saturated rings. The molecule has 2 N–H and O–H groups in total. The van der Waals surface area contributed by atoms with Crippen LogP contribution in [0.3, 0.4) is 0 Å². The molecule has 1 aromatic carbocycles. The van der Waals surface area contributed by atoms with Crippen LogP contribution in [0.1, 0.15) is 36.6 Å². The SMILES string of the molecule is CCC(Sc1nc2c(c(Nc3ccc(C#N)cc3)n1)CCC2)C(=O)O. The lowest BCUT2D eigenvalue weighted by Crippen LogP contribution is -2.16. The first-order chi connectivity index (χ1) is 12.1. The van der Waals surface area contributed by atoms with Crippen molar-refractivity contribution in [2.75, 3.05) is 5.32 Å². The molecule has 2 aromatic rings. The average Bonchev–Trinajstić information content (AvgIpc) is 3.09. The highest BCUT2D eigenvalue weighted by Crippen LogP contribution is 2.32. The van der Waals surface area contributed by atoms with Crippen molar-refractivity contribution in [3.8, 4) is 6.07 Å². The van der Waals surface area contributed by atoms with Gasteiger partial charge in [0.25, 0.3) is 0 Å². The van der Waals surface area contributed by atoms with Crippen LogP contribution in [-0.4, -0.2) is 26.3 Å². The highest BCUT2D eigenvalue weighted by Gasteiger charge is 2.23. The monoisotopic (exact) mass is 354 g/mol. The normalized spacial score (nSPS) is 13.8. The van der Waals surface area contributed by atoms with E-state index >= 15 is 0 Å². The van der Waals surface area contributed by atoms with Crippen LogP contribution in [0, 0.1) is 11.3 Å². The number of nitrogens with zero attached hydrogens (tertiary/aromatic N) is 3. The van der Waals surface area contributed by atoms with E-state index in [0.29, 0.717) is 17.1 Å². The number of anilines is 2. The zero-order valence-corrected chi connectivity index (χ0v) is 14.6. The Hall–Kier alpha value is -2.59. The third-order valence-corrected chi connectivity index (χ3v) is 5.30. The lowest BCUT2D eigenvalue weighted by molar-refractivity contribution is -0.136. The van der Waals surface area contributed by atoms with Crippen LogP contribution in [0.25, 0.3) is 0 Å². The fourth-order valence-electron chi connectivity index (χ4n) is 2.77. The van der Waals surface area contributed by atoms with Crippen LogP contribution in [0.4, 0.5) is 11.5 Å². The Bertz CT molecular complexity index is 830. The minimum Gasteiger partial charge on any atom is -0.480 e. The van der Waals surface area contributed by atoms with E-state index < -0.39 is 11.2 Å². The molecule has 0 aliphatic heterocycles. The highest BCUT2D eigenvalue weighted by atomic mass is 32.2. The Kier molecular flexibility index (Phi) is 5.19. The number of aromatic nitrogens is 2. The molecule has 0 spiro atoms. The Balaban J connectivity index is 1.89. The molecule has 0 bridgehead atoms. The van der Waals surface area contributed by atoms with Gasteiger partial charge < -0.3 is 10.4 Å². The molecule has 3 rings (SSSR count). The number of hydrogen-bond donors (Lipinski definition) is 2. The predicted molar refractivity (Wildman–Crippen MR) is 96.1 cm³/mol. The molecule has 1 aromatic heterocycles. The van der Waals surface area contributed by atoms with Gasteiger partial charge in [-0.3, -0.25) is 4.79 Å². The molecule has 128 valence electrons. The number of carboxylic acid groups (broad SMARTS) is 1. The summed E-state index contributed by atoms with van der Waals surface area (Å²) in [5, 5.41) is 21.4. The van der Waals surface area contributed by atoms with Gasteiger partial charge in [-0.25, -0.2) is 9.97 Å². The number of rotatable bonds is 6. The Morgan fingerprint density at radius 3 is 2.76 bits per heavy atom. The van der Waals surface area contributed by atoms with E-state index in [0.717, 1.165) is 42.0 Å². The molecular formula is C18H18N4O2S. The van der Waals surface area contributed by atoms with Crippen LogP contribution < -0.4 is 5.32 Å². The zero-order valence-electron chi connectivity index (χ0n) is 13.8. The molecule has 25 heavy (non-hydrogen) atoms. The quantitative estimate of drug-likeness (QED) is 0.604. The van der Waals surface area contributed by atoms with Crippen LogP contribution in [0.5, 0.6) is 0 Å². The minimum absolute atomic E-state index is 0.492. The van der Waals surface area contributed by atoms with Crippen molar-refractivity contribution in [2.45, 2.75) is 43.0 Å². The summed E-state index contributed by atoms with van der Waals surface area (Å²) in [5.41, 5.74) is 3.53. The molecule has 7 heteroatoms. The van der Waals surface area contributed by atoms with Crippen LogP contribution in [0.2, 0.25) is 0 Å². The average molecular weight is 354 g/mol. The van der Waals surface area contributed by atoms with E-state index in [2.05, 4.69) is 21.4 Å². The Morgan fingerprint density at radius 1 is 1.36 bits per heavy atom. The summed E-state index contributed by atoms with van der Waals surface area (Å²) < 4.78 is 0. The number of thioether (sulfide) groups is 1. The van der Waals surface area contributed by atoms with Gasteiger partial charge in [-0.2, -0.15) is 5.26 Å². The molecule has 1 heterocycles. The molecule has 0 amide bonds. The van der Waals surface area contributed by atoms with Crippen molar-refractivity contribution in [3.05, 3.63) is 41.1 Å². The number of nitriles is 1. The zero-order chi connectivity index (χ0) is 17.8. The number of carbonyl (C=O) groups is 1. The second-order valence-electron chi connectivity index (χ2n) is 5.80. The lowest BCUT2D eigenvalue weighted by atomic mass is 10.2. The van der Waals surface area contributed by atoms with Crippen LogP contribution in [-0.2, 0) is 17.6 Å². The summed E-state index contributed by atoms with van der Waals surface area (Å²) in [5.74, 6) is -0.117. The highest BCUT2D eigenvalue weighted by molar-refractivity contribution is 8.00. The van der Waals surface area contributed by atoms with E-state index in [1.165, 1.54) is 11.8 Å². The van der Waals surface area contributed by atoms with Crippen molar-refractivity contribution in [3.63, 3.8) is 0 Å². The first kappa shape index (κ1) is 17.2. The van der Waals surface area contributed by atoms with E-state index in [4.69, 9.17) is 5.26 Å². The van der Waals surface area contributed by atoms with Crippen molar-refractivity contribution < 1.29 is 9.90 Å². The van der Waals surface area contributed by atoms with Gasteiger partial charge in [0.15, 0.2) is 5.16 Å². The summed E-state index contributed by atoms with van der Waals surface area (Å²) in [6.07, 6.45) is 3.33. The number of aryl methyl sites for hydroxylation is 1. The number of benzene rings is 1. The van der Waals surface area contributed by atoms with Gasteiger partial charge in [-0.05, 0) is 49.9 Å². The van der Waals surface area contributed by atoms with Crippen molar-refractivity contribution >= 4 is 29.2 Å². The molecule has 0 radical (unpaired) electrons. The first-order valence-corrected chi connectivity index (χ1v) is 9.05. The van der Waals surface area contributed by atoms with E-state index in [1.807, 2.05) is 19.1 Å². The van der Waals surface area contributed by atoms with Gasteiger partial charge in [-0.1, -0.05) is 18.7 Å². The third-order valence-electron chi connectivity index (χ3n) is 4.08. The minimum atomic E-state index is -0.849. The summed E-state index contributed by atoms with van der Waals surface area (Å²) in [7, 11) is 0. The lowest BCUT2D eigenvalue weighted by Gasteiger charge is -2.14.